The zero-order valence-electron chi connectivity index (χ0n) is 12.1. The number of benzene rings is 1. The standard InChI is InChI=1S/C14H19F2NO3S/c1-14(2)11(8-12(14)20-3)17-9-6-4-5-7-10(9)21(18,19)13(15)16/h4-7,11-13,17H,8H2,1-3H3. The molecule has 1 aliphatic rings. The Morgan fingerprint density at radius 1 is 1.33 bits per heavy atom. The molecule has 0 bridgehead atoms. The molecule has 7 heteroatoms. The van der Waals surface area contributed by atoms with Gasteiger partial charge in [0, 0.05) is 18.6 Å². The summed E-state index contributed by atoms with van der Waals surface area (Å²) in [6, 6.07) is 5.72. The van der Waals surface area contributed by atoms with Crippen LogP contribution in [0.4, 0.5) is 14.5 Å². The van der Waals surface area contributed by atoms with Gasteiger partial charge < -0.3 is 10.1 Å². The quantitative estimate of drug-likeness (QED) is 0.906. The summed E-state index contributed by atoms with van der Waals surface area (Å²) in [6.07, 6.45) is 0.765. The van der Waals surface area contributed by atoms with E-state index in [1.807, 2.05) is 13.8 Å². The second-order valence-corrected chi connectivity index (χ2v) is 7.67. The van der Waals surface area contributed by atoms with Crippen molar-refractivity contribution in [1.82, 2.24) is 0 Å². The third-order valence-corrected chi connectivity index (χ3v) is 5.66. The summed E-state index contributed by atoms with van der Waals surface area (Å²) in [7, 11) is -3.00. The molecule has 1 aliphatic carbocycles. The van der Waals surface area contributed by atoms with Crippen molar-refractivity contribution in [3.8, 4) is 0 Å². The van der Waals surface area contributed by atoms with Crippen molar-refractivity contribution < 1.29 is 21.9 Å². The maximum Gasteiger partial charge on any atom is 0.341 e. The molecular weight excluding hydrogens is 300 g/mol. The summed E-state index contributed by atoms with van der Waals surface area (Å²) in [5.41, 5.74) is 0.0154. The fraction of sp³-hybridized carbons (Fsp3) is 0.571. The highest BCUT2D eigenvalue weighted by molar-refractivity contribution is 7.91. The highest BCUT2D eigenvalue weighted by atomic mass is 32.2. The monoisotopic (exact) mass is 319 g/mol. The number of hydrogen-bond donors (Lipinski definition) is 1. The summed E-state index contributed by atoms with van der Waals surface area (Å²) in [6.45, 7) is 3.99. The normalized spacial score (nSPS) is 24.7. The number of ether oxygens (including phenoxy) is 1. The van der Waals surface area contributed by atoms with Crippen LogP contribution >= 0.6 is 0 Å². The van der Waals surface area contributed by atoms with Crippen LogP contribution in [0.2, 0.25) is 0 Å². The average molecular weight is 319 g/mol. The van der Waals surface area contributed by atoms with Gasteiger partial charge in [0.25, 0.3) is 0 Å². The minimum Gasteiger partial charge on any atom is -0.381 e. The molecule has 1 aromatic carbocycles. The summed E-state index contributed by atoms with van der Waals surface area (Å²) >= 11 is 0. The zero-order chi connectivity index (χ0) is 15.8. The van der Waals surface area contributed by atoms with Crippen LogP contribution in [0.5, 0.6) is 0 Å². The van der Waals surface area contributed by atoms with Crippen LogP contribution in [0.25, 0.3) is 0 Å². The molecule has 0 spiro atoms. The van der Waals surface area contributed by atoms with Crippen LogP contribution in [0, 0.1) is 5.41 Å². The van der Waals surface area contributed by atoms with E-state index in [2.05, 4.69) is 5.32 Å². The smallest absolute Gasteiger partial charge is 0.341 e. The molecule has 0 saturated heterocycles. The topological polar surface area (TPSA) is 55.4 Å². The first-order valence-corrected chi connectivity index (χ1v) is 8.16. The van der Waals surface area contributed by atoms with Gasteiger partial charge in [-0.05, 0) is 18.6 Å². The molecule has 1 aromatic rings. The van der Waals surface area contributed by atoms with Crippen LogP contribution in [0.3, 0.4) is 0 Å². The highest BCUT2D eigenvalue weighted by Crippen LogP contribution is 2.44. The molecule has 21 heavy (non-hydrogen) atoms. The molecule has 0 amide bonds. The Hall–Kier alpha value is -1.21. The van der Waals surface area contributed by atoms with Gasteiger partial charge in [0.1, 0.15) is 0 Å². The molecular formula is C14H19F2NO3S. The van der Waals surface area contributed by atoms with E-state index >= 15 is 0 Å². The number of rotatable bonds is 5. The summed E-state index contributed by atoms with van der Waals surface area (Å²) in [5, 5.41) is 3.07. The van der Waals surface area contributed by atoms with Crippen molar-refractivity contribution >= 4 is 15.5 Å². The molecule has 2 atom stereocenters. The molecule has 118 valence electrons. The van der Waals surface area contributed by atoms with E-state index in [1.165, 1.54) is 18.2 Å². The Morgan fingerprint density at radius 3 is 2.48 bits per heavy atom. The first kappa shape index (κ1) is 16.2. The zero-order valence-corrected chi connectivity index (χ0v) is 13.0. The van der Waals surface area contributed by atoms with Crippen molar-refractivity contribution in [2.24, 2.45) is 5.41 Å². The first-order chi connectivity index (χ1) is 9.71. The first-order valence-electron chi connectivity index (χ1n) is 6.61. The Labute approximate surface area is 123 Å². The van der Waals surface area contributed by atoms with Gasteiger partial charge in [0.2, 0.25) is 9.84 Å². The number of nitrogens with one attached hydrogen (secondary N) is 1. The number of para-hydroxylation sites is 1. The van der Waals surface area contributed by atoms with Gasteiger partial charge in [-0.2, -0.15) is 8.78 Å². The Kier molecular flexibility index (Phi) is 4.26. The molecule has 2 unspecified atom stereocenters. The molecule has 4 nitrogen and oxygen atoms in total. The van der Waals surface area contributed by atoms with E-state index in [-0.39, 0.29) is 28.1 Å². The van der Waals surface area contributed by atoms with Crippen molar-refractivity contribution in [3.05, 3.63) is 24.3 Å². The summed E-state index contributed by atoms with van der Waals surface area (Å²) in [4.78, 5) is -0.364. The minimum atomic E-state index is -4.62. The predicted molar refractivity (Wildman–Crippen MR) is 76.2 cm³/mol. The van der Waals surface area contributed by atoms with Crippen molar-refractivity contribution in [1.29, 1.82) is 0 Å². The lowest BCUT2D eigenvalue weighted by molar-refractivity contribution is -0.0795. The van der Waals surface area contributed by atoms with Gasteiger partial charge in [-0.15, -0.1) is 0 Å². The third kappa shape index (κ3) is 2.76. The van der Waals surface area contributed by atoms with Gasteiger partial charge in [-0.25, -0.2) is 8.42 Å². The van der Waals surface area contributed by atoms with Gasteiger partial charge in [0.15, 0.2) is 0 Å². The summed E-state index contributed by atoms with van der Waals surface area (Å²) < 4.78 is 54.2. The number of anilines is 1. The Morgan fingerprint density at radius 2 is 1.95 bits per heavy atom. The second-order valence-electron chi connectivity index (χ2n) is 5.78. The maximum atomic E-state index is 12.7. The lowest BCUT2D eigenvalue weighted by Gasteiger charge is -2.51. The van der Waals surface area contributed by atoms with Gasteiger partial charge in [-0.3, -0.25) is 0 Å². The van der Waals surface area contributed by atoms with Gasteiger partial charge in [-0.1, -0.05) is 26.0 Å². The fourth-order valence-corrected chi connectivity index (χ4v) is 3.54. The molecule has 0 aliphatic heterocycles. The van der Waals surface area contributed by atoms with Crippen LogP contribution in [-0.2, 0) is 14.6 Å². The molecule has 0 heterocycles. The lowest BCUT2D eigenvalue weighted by Crippen LogP contribution is -2.57. The van der Waals surface area contributed by atoms with Crippen LogP contribution in [-0.4, -0.2) is 33.4 Å². The van der Waals surface area contributed by atoms with Crippen molar-refractivity contribution in [3.63, 3.8) is 0 Å². The van der Waals surface area contributed by atoms with Gasteiger partial charge in [0.05, 0.1) is 16.7 Å². The second kappa shape index (κ2) is 5.53. The van der Waals surface area contributed by atoms with Gasteiger partial charge >= 0.3 is 5.76 Å². The Bertz CT molecular complexity index is 616. The maximum absolute atomic E-state index is 12.7. The molecule has 0 aromatic heterocycles. The van der Waals surface area contributed by atoms with Crippen LogP contribution in [0.15, 0.2) is 29.2 Å². The lowest BCUT2D eigenvalue weighted by atomic mass is 9.64. The molecule has 1 saturated carbocycles. The van der Waals surface area contributed by atoms with E-state index in [9.17, 15) is 17.2 Å². The highest BCUT2D eigenvalue weighted by Gasteiger charge is 2.49. The summed E-state index contributed by atoms with van der Waals surface area (Å²) in [5.74, 6) is -3.43. The number of hydrogen-bond acceptors (Lipinski definition) is 4. The SMILES string of the molecule is COC1CC(Nc2ccccc2S(=O)(=O)C(F)F)C1(C)C. The van der Waals surface area contributed by atoms with E-state index in [0.717, 1.165) is 0 Å². The van der Waals surface area contributed by atoms with E-state index in [1.54, 1.807) is 13.2 Å². The van der Waals surface area contributed by atoms with E-state index in [4.69, 9.17) is 4.74 Å². The minimum absolute atomic E-state index is 0.0310. The van der Waals surface area contributed by atoms with Crippen LogP contribution < -0.4 is 5.32 Å². The van der Waals surface area contributed by atoms with Crippen molar-refractivity contribution in [2.75, 3.05) is 12.4 Å². The third-order valence-electron chi connectivity index (χ3n) is 4.22. The number of halogens is 2. The molecule has 2 rings (SSSR count). The average Bonchev–Trinajstić information content (AvgIpc) is 2.43. The molecule has 0 radical (unpaired) electrons. The van der Waals surface area contributed by atoms with Crippen LogP contribution in [0.1, 0.15) is 20.3 Å². The number of methoxy groups -OCH3 is 1. The number of alkyl halides is 2. The Balaban J connectivity index is 2.28. The van der Waals surface area contributed by atoms with Crippen molar-refractivity contribution in [2.45, 2.75) is 43.1 Å². The molecule has 1 N–H and O–H groups in total. The largest absolute Gasteiger partial charge is 0.381 e. The predicted octanol–water partition coefficient (Wildman–Crippen LogP) is 2.91. The molecule has 1 fully saturated rings. The van der Waals surface area contributed by atoms with E-state index < -0.39 is 15.6 Å². The van der Waals surface area contributed by atoms with E-state index in [0.29, 0.717) is 6.42 Å². The fourth-order valence-electron chi connectivity index (χ4n) is 2.65. The number of sulfone groups is 1.